The second kappa shape index (κ2) is 9.28. The number of hydrogen-bond acceptors (Lipinski definition) is 5. The fourth-order valence-corrected chi connectivity index (χ4v) is 4.55. The molecule has 3 aromatic rings. The molecule has 1 amide bonds. The van der Waals surface area contributed by atoms with Gasteiger partial charge in [-0.1, -0.05) is 72.5 Å². The first-order chi connectivity index (χ1) is 15.0. The van der Waals surface area contributed by atoms with Gasteiger partial charge in [0.25, 0.3) is 5.91 Å². The van der Waals surface area contributed by atoms with Crippen molar-refractivity contribution in [3.05, 3.63) is 77.3 Å². The third kappa shape index (κ3) is 4.76. The quantitative estimate of drug-likeness (QED) is 0.420. The summed E-state index contributed by atoms with van der Waals surface area (Å²) in [6.07, 6.45) is 4.06. The SMILES string of the molecule is O=C(O)CCCN1C(=O)C(=Cc2cn(-c3ccccc3)nc2-c2ccccc2)SC1=S. The van der Waals surface area contributed by atoms with Crippen LogP contribution < -0.4 is 0 Å². The molecule has 2 aromatic carbocycles. The first-order valence-corrected chi connectivity index (χ1v) is 10.9. The Labute approximate surface area is 189 Å². The minimum absolute atomic E-state index is 0.00188. The molecule has 4 rings (SSSR count). The minimum atomic E-state index is -0.887. The molecule has 156 valence electrons. The number of hydrogen-bond donors (Lipinski definition) is 1. The summed E-state index contributed by atoms with van der Waals surface area (Å²) in [6, 6.07) is 19.6. The van der Waals surface area contributed by atoms with Gasteiger partial charge in [0.2, 0.25) is 0 Å². The van der Waals surface area contributed by atoms with Crippen molar-refractivity contribution < 1.29 is 14.7 Å². The summed E-state index contributed by atoms with van der Waals surface area (Å²) >= 11 is 6.59. The number of aliphatic carboxylic acids is 1. The lowest BCUT2D eigenvalue weighted by molar-refractivity contribution is -0.137. The molecule has 1 fully saturated rings. The third-order valence-corrected chi connectivity index (χ3v) is 6.12. The number of thiocarbonyl (C=S) groups is 1. The Morgan fingerprint density at radius 3 is 2.45 bits per heavy atom. The average molecular weight is 450 g/mol. The van der Waals surface area contributed by atoms with Gasteiger partial charge >= 0.3 is 5.97 Å². The van der Waals surface area contributed by atoms with E-state index in [9.17, 15) is 9.59 Å². The number of carboxylic acids is 1. The molecule has 2 heterocycles. The molecule has 8 heteroatoms. The fraction of sp³-hybridized carbons (Fsp3) is 0.130. The van der Waals surface area contributed by atoms with E-state index in [0.717, 1.165) is 22.5 Å². The number of amides is 1. The number of carboxylic acid groups (broad SMARTS) is 1. The van der Waals surface area contributed by atoms with Crippen LogP contribution in [0.4, 0.5) is 0 Å². The first kappa shape index (κ1) is 21.0. The Morgan fingerprint density at radius 1 is 1.10 bits per heavy atom. The summed E-state index contributed by atoms with van der Waals surface area (Å²) in [5.74, 6) is -1.09. The number of aromatic nitrogens is 2. The van der Waals surface area contributed by atoms with Crippen molar-refractivity contribution in [3.63, 3.8) is 0 Å². The van der Waals surface area contributed by atoms with E-state index in [1.165, 1.54) is 16.7 Å². The van der Waals surface area contributed by atoms with Gasteiger partial charge in [0.05, 0.1) is 16.3 Å². The van der Waals surface area contributed by atoms with E-state index >= 15 is 0 Å². The molecule has 0 atom stereocenters. The molecular weight excluding hydrogens is 430 g/mol. The van der Waals surface area contributed by atoms with Gasteiger partial charge in [-0.05, 0) is 24.6 Å². The third-order valence-electron chi connectivity index (χ3n) is 4.74. The number of rotatable bonds is 7. The highest BCUT2D eigenvalue weighted by Crippen LogP contribution is 2.35. The highest BCUT2D eigenvalue weighted by atomic mass is 32.2. The van der Waals surface area contributed by atoms with Crippen LogP contribution in [0.2, 0.25) is 0 Å². The Kier molecular flexibility index (Phi) is 6.29. The second-order valence-corrected chi connectivity index (χ2v) is 8.59. The van der Waals surface area contributed by atoms with Crippen LogP contribution >= 0.6 is 24.0 Å². The van der Waals surface area contributed by atoms with E-state index < -0.39 is 5.97 Å². The van der Waals surface area contributed by atoms with E-state index in [-0.39, 0.29) is 12.3 Å². The summed E-state index contributed by atoms with van der Waals surface area (Å²) in [7, 11) is 0. The maximum absolute atomic E-state index is 12.9. The molecule has 31 heavy (non-hydrogen) atoms. The minimum Gasteiger partial charge on any atom is -0.481 e. The first-order valence-electron chi connectivity index (χ1n) is 9.70. The number of carbonyl (C=O) groups excluding carboxylic acids is 1. The van der Waals surface area contributed by atoms with Crippen molar-refractivity contribution in [3.8, 4) is 16.9 Å². The smallest absolute Gasteiger partial charge is 0.303 e. The van der Waals surface area contributed by atoms with Crippen molar-refractivity contribution in [1.82, 2.24) is 14.7 Å². The van der Waals surface area contributed by atoms with Crippen molar-refractivity contribution in [2.24, 2.45) is 0 Å². The van der Waals surface area contributed by atoms with Crippen molar-refractivity contribution in [2.45, 2.75) is 12.8 Å². The Morgan fingerprint density at radius 2 is 1.77 bits per heavy atom. The van der Waals surface area contributed by atoms with E-state index in [1.54, 1.807) is 4.68 Å². The van der Waals surface area contributed by atoms with Gasteiger partial charge in [-0.2, -0.15) is 5.10 Å². The topological polar surface area (TPSA) is 75.4 Å². The number of nitrogens with zero attached hydrogens (tertiary/aromatic N) is 3. The summed E-state index contributed by atoms with van der Waals surface area (Å²) in [4.78, 5) is 25.6. The van der Waals surface area contributed by atoms with Gasteiger partial charge in [-0.3, -0.25) is 14.5 Å². The largest absolute Gasteiger partial charge is 0.481 e. The van der Waals surface area contributed by atoms with Crippen LogP contribution in [0.5, 0.6) is 0 Å². The van der Waals surface area contributed by atoms with Crippen LogP contribution in [-0.4, -0.2) is 42.5 Å². The molecule has 1 aliphatic heterocycles. The van der Waals surface area contributed by atoms with E-state index in [1.807, 2.05) is 72.9 Å². The molecule has 0 radical (unpaired) electrons. The highest BCUT2D eigenvalue weighted by Gasteiger charge is 2.32. The molecule has 0 aliphatic carbocycles. The van der Waals surface area contributed by atoms with Gasteiger partial charge in [-0.25, -0.2) is 4.68 Å². The fourth-order valence-electron chi connectivity index (χ4n) is 3.25. The predicted octanol–water partition coefficient (Wildman–Crippen LogP) is 4.61. The second-order valence-electron chi connectivity index (χ2n) is 6.91. The highest BCUT2D eigenvalue weighted by molar-refractivity contribution is 8.26. The van der Waals surface area contributed by atoms with Gasteiger partial charge < -0.3 is 5.11 Å². The molecule has 0 unspecified atom stereocenters. The summed E-state index contributed by atoms with van der Waals surface area (Å²) in [5, 5.41) is 13.6. The van der Waals surface area contributed by atoms with Gasteiger partial charge in [-0.15, -0.1) is 0 Å². The molecule has 1 aliphatic rings. The maximum Gasteiger partial charge on any atom is 0.303 e. The molecule has 0 saturated carbocycles. The molecule has 1 aromatic heterocycles. The van der Waals surface area contributed by atoms with Gasteiger partial charge in [0, 0.05) is 30.3 Å². The Balaban J connectivity index is 1.68. The monoisotopic (exact) mass is 449 g/mol. The number of para-hydroxylation sites is 1. The Hall–Kier alpha value is -3.23. The number of thioether (sulfide) groups is 1. The summed E-state index contributed by atoms with van der Waals surface area (Å²) < 4.78 is 2.24. The van der Waals surface area contributed by atoms with Crippen LogP contribution in [0, 0.1) is 0 Å². The normalized spacial score (nSPS) is 15.1. The molecule has 0 bridgehead atoms. The molecule has 0 spiro atoms. The van der Waals surface area contributed by atoms with Crippen LogP contribution in [0.3, 0.4) is 0 Å². The number of benzene rings is 2. The van der Waals surface area contributed by atoms with E-state index in [2.05, 4.69) is 0 Å². The van der Waals surface area contributed by atoms with E-state index in [0.29, 0.717) is 22.2 Å². The lowest BCUT2D eigenvalue weighted by Crippen LogP contribution is -2.29. The molecule has 1 saturated heterocycles. The van der Waals surface area contributed by atoms with Gasteiger partial charge in [0.15, 0.2) is 0 Å². The number of carbonyl (C=O) groups is 2. The zero-order valence-electron chi connectivity index (χ0n) is 16.5. The molecule has 6 nitrogen and oxygen atoms in total. The van der Waals surface area contributed by atoms with Crippen LogP contribution in [-0.2, 0) is 9.59 Å². The predicted molar refractivity (Wildman–Crippen MR) is 126 cm³/mol. The van der Waals surface area contributed by atoms with Crippen molar-refractivity contribution in [2.75, 3.05) is 6.54 Å². The van der Waals surface area contributed by atoms with Crippen molar-refractivity contribution in [1.29, 1.82) is 0 Å². The van der Waals surface area contributed by atoms with Crippen LogP contribution in [0.25, 0.3) is 23.0 Å². The zero-order valence-corrected chi connectivity index (χ0v) is 18.1. The van der Waals surface area contributed by atoms with Crippen LogP contribution in [0.1, 0.15) is 18.4 Å². The molecule has 1 N–H and O–H groups in total. The standard InChI is InChI=1S/C23H19N3O3S2/c27-20(28)12-7-13-25-22(29)19(31-23(25)30)14-17-15-26(18-10-5-2-6-11-18)24-21(17)16-8-3-1-4-9-16/h1-6,8-11,14-15H,7,12-13H2,(H,27,28). The lowest BCUT2D eigenvalue weighted by atomic mass is 10.1. The van der Waals surface area contributed by atoms with Crippen LogP contribution in [0.15, 0.2) is 71.8 Å². The molecular formula is C23H19N3O3S2. The summed E-state index contributed by atoms with van der Waals surface area (Å²) in [6.45, 7) is 0.295. The van der Waals surface area contributed by atoms with Crippen molar-refractivity contribution >= 4 is 46.3 Å². The maximum atomic E-state index is 12.9. The summed E-state index contributed by atoms with van der Waals surface area (Å²) in [5.41, 5.74) is 3.43. The lowest BCUT2D eigenvalue weighted by Gasteiger charge is -2.13. The van der Waals surface area contributed by atoms with Gasteiger partial charge in [0.1, 0.15) is 4.32 Å². The average Bonchev–Trinajstić information content (AvgIpc) is 3.31. The zero-order chi connectivity index (χ0) is 21.8. The van der Waals surface area contributed by atoms with E-state index in [4.69, 9.17) is 22.4 Å². The Bertz CT molecular complexity index is 1160.